The molecule has 0 saturated heterocycles. The molecule has 0 aliphatic heterocycles. The number of halogens is 1. The average Bonchev–Trinajstić information content (AvgIpc) is 2.14. The van der Waals surface area contributed by atoms with Crippen LogP contribution in [0.4, 0.5) is 4.39 Å². The minimum atomic E-state index is -0.408. The van der Waals surface area contributed by atoms with Gasteiger partial charge in [-0.1, -0.05) is 24.3 Å². The quantitative estimate of drug-likeness (QED) is 0.741. The molecule has 0 radical (unpaired) electrons. The number of benzene rings is 1. The van der Waals surface area contributed by atoms with Crippen molar-refractivity contribution in [1.29, 1.82) is 0 Å². The molecular formula is C11H14FN. The minimum Gasteiger partial charge on any atom is -0.321 e. The molecule has 0 amide bonds. The van der Waals surface area contributed by atoms with E-state index in [1.54, 1.807) is 0 Å². The Labute approximate surface area is 77.8 Å². The SMILES string of the molecule is NC1(c2ccccc2CF)CCC1. The summed E-state index contributed by atoms with van der Waals surface area (Å²) in [6.07, 6.45) is 3.14. The highest BCUT2D eigenvalue weighted by atomic mass is 19.1. The number of nitrogens with two attached hydrogens (primary N) is 1. The summed E-state index contributed by atoms with van der Waals surface area (Å²) in [4.78, 5) is 0. The topological polar surface area (TPSA) is 26.0 Å². The van der Waals surface area contributed by atoms with E-state index in [1.165, 1.54) is 0 Å². The van der Waals surface area contributed by atoms with Gasteiger partial charge in [0, 0.05) is 5.54 Å². The Bertz CT molecular complexity index is 305. The highest BCUT2D eigenvalue weighted by Gasteiger charge is 2.35. The van der Waals surface area contributed by atoms with Gasteiger partial charge < -0.3 is 5.73 Å². The highest BCUT2D eigenvalue weighted by molar-refractivity contribution is 5.34. The van der Waals surface area contributed by atoms with Gasteiger partial charge in [0.1, 0.15) is 6.67 Å². The van der Waals surface area contributed by atoms with Gasteiger partial charge >= 0.3 is 0 Å². The normalized spacial score (nSPS) is 19.5. The number of hydrogen-bond acceptors (Lipinski definition) is 1. The molecule has 0 aromatic heterocycles. The average molecular weight is 179 g/mol. The second-order valence-corrected chi connectivity index (χ2v) is 3.80. The summed E-state index contributed by atoms with van der Waals surface area (Å²) in [5.74, 6) is 0. The van der Waals surface area contributed by atoms with Gasteiger partial charge in [0.2, 0.25) is 0 Å². The molecule has 1 nitrogen and oxygen atoms in total. The van der Waals surface area contributed by atoms with Crippen molar-refractivity contribution in [3.63, 3.8) is 0 Å². The summed E-state index contributed by atoms with van der Waals surface area (Å²) in [5, 5.41) is 0. The Balaban J connectivity index is 2.38. The van der Waals surface area contributed by atoms with Gasteiger partial charge in [-0.05, 0) is 30.4 Å². The molecule has 2 rings (SSSR count). The lowest BCUT2D eigenvalue weighted by Gasteiger charge is -2.39. The molecule has 1 aliphatic carbocycles. The molecule has 0 atom stereocenters. The van der Waals surface area contributed by atoms with E-state index in [-0.39, 0.29) is 5.54 Å². The van der Waals surface area contributed by atoms with E-state index >= 15 is 0 Å². The van der Waals surface area contributed by atoms with E-state index in [9.17, 15) is 4.39 Å². The fourth-order valence-electron chi connectivity index (χ4n) is 1.95. The van der Waals surface area contributed by atoms with Gasteiger partial charge in [-0.25, -0.2) is 4.39 Å². The minimum absolute atomic E-state index is 0.233. The van der Waals surface area contributed by atoms with Crippen LogP contribution in [0.3, 0.4) is 0 Å². The van der Waals surface area contributed by atoms with Gasteiger partial charge in [-0.15, -0.1) is 0 Å². The number of alkyl halides is 1. The first-order chi connectivity index (χ1) is 6.26. The molecule has 1 aromatic rings. The van der Waals surface area contributed by atoms with Crippen LogP contribution in [-0.2, 0) is 12.2 Å². The van der Waals surface area contributed by atoms with Crippen molar-refractivity contribution in [2.45, 2.75) is 31.5 Å². The fraction of sp³-hybridized carbons (Fsp3) is 0.455. The zero-order valence-corrected chi connectivity index (χ0v) is 7.59. The molecule has 70 valence electrons. The lowest BCUT2D eigenvalue weighted by atomic mass is 9.71. The maximum atomic E-state index is 12.6. The molecule has 2 N–H and O–H groups in total. The van der Waals surface area contributed by atoms with Crippen LogP contribution in [0.15, 0.2) is 24.3 Å². The summed E-state index contributed by atoms with van der Waals surface area (Å²) < 4.78 is 12.6. The molecular weight excluding hydrogens is 165 g/mol. The van der Waals surface area contributed by atoms with Crippen LogP contribution in [0.5, 0.6) is 0 Å². The Morgan fingerprint density at radius 2 is 2.00 bits per heavy atom. The first-order valence-corrected chi connectivity index (χ1v) is 4.69. The van der Waals surface area contributed by atoms with Crippen LogP contribution < -0.4 is 5.73 Å². The van der Waals surface area contributed by atoms with Crippen molar-refractivity contribution in [3.05, 3.63) is 35.4 Å². The second-order valence-electron chi connectivity index (χ2n) is 3.80. The van der Waals surface area contributed by atoms with Crippen LogP contribution in [0.1, 0.15) is 30.4 Å². The Hall–Kier alpha value is -0.890. The zero-order chi connectivity index (χ0) is 9.31. The smallest absolute Gasteiger partial charge is 0.115 e. The lowest BCUT2D eigenvalue weighted by Crippen LogP contribution is -2.43. The monoisotopic (exact) mass is 179 g/mol. The van der Waals surface area contributed by atoms with Crippen molar-refractivity contribution < 1.29 is 4.39 Å². The van der Waals surface area contributed by atoms with E-state index in [0.717, 1.165) is 30.4 Å². The molecule has 0 heterocycles. The van der Waals surface area contributed by atoms with Crippen molar-refractivity contribution >= 4 is 0 Å². The van der Waals surface area contributed by atoms with Gasteiger partial charge in [-0.3, -0.25) is 0 Å². The third kappa shape index (κ3) is 1.35. The largest absolute Gasteiger partial charge is 0.321 e. The molecule has 2 heteroatoms. The summed E-state index contributed by atoms with van der Waals surface area (Å²) in [6.45, 7) is -0.408. The summed E-state index contributed by atoms with van der Waals surface area (Å²) in [5.41, 5.74) is 7.66. The Morgan fingerprint density at radius 3 is 2.54 bits per heavy atom. The molecule has 0 spiro atoms. The van der Waals surface area contributed by atoms with Crippen molar-refractivity contribution in [1.82, 2.24) is 0 Å². The number of hydrogen-bond donors (Lipinski definition) is 1. The van der Waals surface area contributed by atoms with E-state index in [1.807, 2.05) is 24.3 Å². The lowest BCUT2D eigenvalue weighted by molar-refractivity contribution is 0.249. The Morgan fingerprint density at radius 1 is 1.31 bits per heavy atom. The maximum Gasteiger partial charge on any atom is 0.115 e. The van der Waals surface area contributed by atoms with Crippen LogP contribution in [0.25, 0.3) is 0 Å². The molecule has 1 saturated carbocycles. The van der Waals surface area contributed by atoms with Gasteiger partial charge in [0.05, 0.1) is 0 Å². The molecule has 0 bridgehead atoms. The van der Waals surface area contributed by atoms with E-state index < -0.39 is 6.67 Å². The Kier molecular flexibility index (Phi) is 2.08. The van der Waals surface area contributed by atoms with Gasteiger partial charge in [-0.2, -0.15) is 0 Å². The summed E-state index contributed by atoms with van der Waals surface area (Å²) in [6, 6.07) is 7.57. The van der Waals surface area contributed by atoms with Crippen LogP contribution in [0, 0.1) is 0 Å². The van der Waals surface area contributed by atoms with E-state index in [2.05, 4.69) is 0 Å². The van der Waals surface area contributed by atoms with Crippen molar-refractivity contribution in [3.8, 4) is 0 Å². The first-order valence-electron chi connectivity index (χ1n) is 4.69. The van der Waals surface area contributed by atoms with E-state index in [0.29, 0.717) is 0 Å². The molecule has 0 unspecified atom stereocenters. The summed E-state index contributed by atoms with van der Waals surface area (Å²) in [7, 11) is 0. The third-order valence-corrected chi connectivity index (χ3v) is 2.94. The van der Waals surface area contributed by atoms with Crippen molar-refractivity contribution in [2.24, 2.45) is 5.73 Å². The standard InChI is InChI=1S/C11H14FN/c12-8-9-4-1-2-5-10(9)11(13)6-3-7-11/h1-2,4-5H,3,6-8,13H2. The van der Waals surface area contributed by atoms with Crippen molar-refractivity contribution in [2.75, 3.05) is 0 Å². The predicted octanol–water partition coefficient (Wildman–Crippen LogP) is 2.49. The second kappa shape index (κ2) is 3.11. The molecule has 13 heavy (non-hydrogen) atoms. The molecule has 1 fully saturated rings. The van der Waals surface area contributed by atoms with Crippen LogP contribution in [-0.4, -0.2) is 0 Å². The van der Waals surface area contributed by atoms with Crippen LogP contribution in [0.2, 0.25) is 0 Å². The fourth-order valence-corrected chi connectivity index (χ4v) is 1.95. The zero-order valence-electron chi connectivity index (χ0n) is 7.59. The number of rotatable bonds is 2. The van der Waals surface area contributed by atoms with Gasteiger partial charge in [0.25, 0.3) is 0 Å². The van der Waals surface area contributed by atoms with Gasteiger partial charge in [0.15, 0.2) is 0 Å². The van der Waals surface area contributed by atoms with E-state index in [4.69, 9.17) is 5.73 Å². The highest BCUT2D eigenvalue weighted by Crippen LogP contribution is 2.40. The molecule has 1 aliphatic rings. The van der Waals surface area contributed by atoms with Crippen LogP contribution >= 0.6 is 0 Å². The summed E-state index contributed by atoms with van der Waals surface area (Å²) >= 11 is 0. The maximum absolute atomic E-state index is 12.6. The molecule has 1 aromatic carbocycles. The first kappa shape index (κ1) is 8.70. The third-order valence-electron chi connectivity index (χ3n) is 2.94. The predicted molar refractivity (Wildman–Crippen MR) is 51.0 cm³/mol.